The van der Waals surface area contributed by atoms with Gasteiger partial charge in [0.15, 0.2) is 0 Å². The molecule has 1 N–H and O–H groups in total. The summed E-state index contributed by atoms with van der Waals surface area (Å²) in [5.74, 6) is 0.416. The number of hydrogen-bond acceptors (Lipinski definition) is 3. The molecule has 1 aliphatic heterocycles. The van der Waals surface area contributed by atoms with Crippen LogP contribution in [0.4, 0.5) is 10.5 Å². The summed E-state index contributed by atoms with van der Waals surface area (Å²) >= 11 is 0. The highest BCUT2D eigenvalue weighted by Gasteiger charge is 2.20. The number of carbonyl (C=O) groups excluding carboxylic acids is 1. The van der Waals surface area contributed by atoms with Gasteiger partial charge in [0.2, 0.25) is 0 Å². The molecule has 0 saturated carbocycles. The molecule has 0 bridgehead atoms. The summed E-state index contributed by atoms with van der Waals surface area (Å²) in [6, 6.07) is 6.24. The first-order valence-corrected chi connectivity index (χ1v) is 8.38. The number of nitrogens with zero attached hydrogens (tertiary/aromatic N) is 3. The van der Waals surface area contributed by atoms with E-state index in [1.807, 2.05) is 0 Å². The number of methoxy groups -OCH3 is 1. The van der Waals surface area contributed by atoms with Crippen molar-refractivity contribution in [1.29, 1.82) is 0 Å². The average Bonchev–Trinajstić information content (AvgIpc) is 2.97. The maximum atomic E-state index is 12.5. The Morgan fingerprint density at radius 3 is 2.80 bits per heavy atom. The van der Waals surface area contributed by atoms with Crippen LogP contribution in [0.2, 0.25) is 0 Å². The Balaban J connectivity index is 1.69. The van der Waals surface area contributed by atoms with Crippen LogP contribution in [0, 0.1) is 13.8 Å². The van der Waals surface area contributed by atoms with Gasteiger partial charge < -0.3 is 15.0 Å². The number of ether oxygens (including phenoxy) is 1. The Labute approximate surface area is 148 Å². The molecule has 25 heavy (non-hydrogen) atoms. The Hall–Kier alpha value is -2.76. The minimum Gasteiger partial charge on any atom is -0.478 e. The van der Waals surface area contributed by atoms with Crippen LogP contribution in [-0.2, 0) is 7.05 Å². The molecule has 0 spiro atoms. The van der Waals surface area contributed by atoms with Crippen molar-refractivity contribution in [3.8, 4) is 5.88 Å². The highest BCUT2D eigenvalue weighted by atomic mass is 16.5. The van der Waals surface area contributed by atoms with Gasteiger partial charge in [-0.25, -0.2) is 4.79 Å². The largest absolute Gasteiger partial charge is 0.478 e. The van der Waals surface area contributed by atoms with E-state index in [2.05, 4.69) is 48.5 Å². The van der Waals surface area contributed by atoms with E-state index < -0.39 is 0 Å². The Morgan fingerprint density at radius 1 is 1.32 bits per heavy atom. The van der Waals surface area contributed by atoms with E-state index in [4.69, 9.17) is 4.74 Å². The minimum absolute atomic E-state index is 0.137. The lowest BCUT2D eigenvalue weighted by molar-refractivity contribution is 0.217. The molecule has 0 atom stereocenters. The summed E-state index contributed by atoms with van der Waals surface area (Å²) in [5.41, 5.74) is 5.78. The SMILES string of the molecule is COc1nn(C)cc1NC(=O)N1CC=C(c2cccc(C)c2C)CC1. The number of rotatable bonds is 3. The van der Waals surface area contributed by atoms with Gasteiger partial charge in [-0.2, -0.15) is 0 Å². The van der Waals surface area contributed by atoms with Crippen molar-refractivity contribution < 1.29 is 9.53 Å². The lowest BCUT2D eigenvalue weighted by Gasteiger charge is -2.27. The van der Waals surface area contributed by atoms with Crippen LogP contribution in [-0.4, -0.2) is 40.9 Å². The van der Waals surface area contributed by atoms with Crippen molar-refractivity contribution in [3.05, 3.63) is 47.2 Å². The molecule has 1 aliphatic rings. The fraction of sp³-hybridized carbons (Fsp3) is 0.368. The number of amides is 2. The summed E-state index contributed by atoms with van der Waals surface area (Å²) in [6.07, 6.45) is 4.73. The van der Waals surface area contributed by atoms with Gasteiger partial charge in [0, 0.05) is 20.1 Å². The highest BCUT2D eigenvalue weighted by molar-refractivity contribution is 5.91. The predicted molar refractivity (Wildman–Crippen MR) is 98.9 cm³/mol. The highest BCUT2D eigenvalue weighted by Crippen LogP contribution is 2.27. The van der Waals surface area contributed by atoms with E-state index in [1.165, 1.54) is 29.4 Å². The third kappa shape index (κ3) is 3.52. The van der Waals surface area contributed by atoms with E-state index in [0.717, 1.165) is 6.42 Å². The smallest absolute Gasteiger partial charge is 0.322 e. The van der Waals surface area contributed by atoms with E-state index in [-0.39, 0.29) is 6.03 Å². The summed E-state index contributed by atoms with van der Waals surface area (Å²) in [5, 5.41) is 7.02. The van der Waals surface area contributed by atoms with Gasteiger partial charge in [0.05, 0.1) is 13.3 Å². The van der Waals surface area contributed by atoms with Crippen LogP contribution in [0.5, 0.6) is 5.88 Å². The zero-order valence-electron chi connectivity index (χ0n) is 15.2. The molecule has 2 heterocycles. The molecule has 0 saturated heterocycles. The summed E-state index contributed by atoms with van der Waals surface area (Å²) in [4.78, 5) is 14.3. The minimum atomic E-state index is -0.137. The molecule has 132 valence electrons. The van der Waals surface area contributed by atoms with Gasteiger partial charge in [-0.15, -0.1) is 5.10 Å². The topological polar surface area (TPSA) is 59.4 Å². The molecule has 6 nitrogen and oxygen atoms in total. The molecule has 2 amide bonds. The van der Waals surface area contributed by atoms with Crippen LogP contribution < -0.4 is 10.1 Å². The Morgan fingerprint density at radius 2 is 2.12 bits per heavy atom. The molecule has 0 fully saturated rings. The number of urea groups is 1. The van der Waals surface area contributed by atoms with Gasteiger partial charge in [0.25, 0.3) is 5.88 Å². The molecule has 1 aromatic heterocycles. The molecule has 2 aromatic rings. The lowest BCUT2D eigenvalue weighted by atomic mass is 9.93. The van der Waals surface area contributed by atoms with Crippen molar-refractivity contribution in [3.63, 3.8) is 0 Å². The first-order valence-electron chi connectivity index (χ1n) is 8.38. The molecular weight excluding hydrogens is 316 g/mol. The first-order chi connectivity index (χ1) is 12.0. The Bertz CT molecular complexity index is 823. The van der Waals surface area contributed by atoms with E-state index in [1.54, 1.807) is 22.8 Å². The van der Waals surface area contributed by atoms with Crippen LogP contribution in [0.15, 0.2) is 30.5 Å². The van der Waals surface area contributed by atoms with Crippen LogP contribution in [0.25, 0.3) is 5.57 Å². The maximum Gasteiger partial charge on any atom is 0.322 e. The molecule has 0 aliphatic carbocycles. The number of aromatic nitrogens is 2. The number of hydrogen-bond donors (Lipinski definition) is 1. The van der Waals surface area contributed by atoms with Crippen molar-refractivity contribution in [1.82, 2.24) is 14.7 Å². The predicted octanol–water partition coefficient (Wildman–Crippen LogP) is 3.37. The lowest BCUT2D eigenvalue weighted by Crippen LogP contribution is -2.37. The normalized spacial score (nSPS) is 14.2. The third-order valence-corrected chi connectivity index (χ3v) is 4.68. The van der Waals surface area contributed by atoms with Gasteiger partial charge >= 0.3 is 6.03 Å². The fourth-order valence-corrected chi connectivity index (χ4v) is 3.10. The second-order valence-electron chi connectivity index (χ2n) is 6.33. The second kappa shape index (κ2) is 7.01. The maximum absolute atomic E-state index is 12.5. The fourth-order valence-electron chi connectivity index (χ4n) is 3.10. The Kier molecular flexibility index (Phi) is 4.79. The summed E-state index contributed by atoms with van der Waals surface area (Å²) < 4.78 is 6.79. The summed E-state index contributed by atoms with van der Waals surface area (Å²) in [6.45, 7) is 5.56. The monoisotopic (exact) mass is 340 g/mol. The van der Waals surface area contributed by atoms with Crippen molar-refractivity contribution >= 4 is 17.3 Å². The van der Waals surface area contributed by atoms with Gasteiger partial charge in [0.1, 0.15) is 5.69 Å². The average molecular weight is 340 g/mol. The number of benzene rings is 1. The molecule has 3 rings (SSSR count). The third-order valence-electron chi connectivity index (χ3n) is 4.68. The van der Waals surface area contributed by atoms with Crippen molar-refractivity contribution in [2.75, 3.05) is 25.5 Å². The van der Waals surface area contributed by atoms with Crippen molar-refractivity contribution in [2.45, 2.75) is 20.3 Å². The number of anilines is 1. The van der Waals surface area contributed by atoms with E-state index >= 15 is 0 Å². The van der Waals surface area contributed by atoms with E-state index in [9.17, 15) is 4.79 Å². The molecule has 1 aromatic carbocycles. The number of nitrogens with one attached hydrogen (secondary N) is 1. The van der Waals surface area contributed by atoms with Gasteiger partial charge in [-0.1, -0.05) is 24.3 Å². The molecule has 6 heteroatoms. The van der Waals surface area contributed by atoms with Crippen LogP contribution in [0.3, 0.4) is 0 Å². The van der Waals surface area contributed by atoms with E-state index in [0.29, 0.717) is 24.7 Å². The van der Waals surface area contributed by atoms with Crippen LogP contribution >= 0.6 is 0 Å². The zero-order valence-corrected chi connectivity index (χ0v) is 15.2. The number of aryl methyl sites for hydroxylation is 2. The molecular formula is C19H24N4O2. The number of carbonyl (C=O) groups is 1. The van der Waals surface area contributed by atoms with Crippen LogP contribution in [0.1, 0.15) is 23.1 Å². The second-order valence-corrected chi connectivity index (χ2v) is 6.33. The van der Waals surface area contributed by atoms with Gasteiger partial charge in [-0.3, -0.25) is 4.68 Å². The zero-order chi connectivity index (χ0) is 18.0. The molecule has 0 radical (unpaired) electrons. The van der Waals surface area contributed by atoms with Crippen molar-refractivity contribution in [2.24, 2.45) is 7.05 Å². The first kappa shape index (κ1) is 17.1. The summed E-state index contributed by atoms with van der Waals surface area (Å²) in [7, 11) is 3.33. The van der Waals surface area contributed by atoms with Gasteiger partial charge in [-0.05, 0) is 42.5 Å². The quantitative estimate of drug-likeness (QED) is 0.932. The molecule has 0 unspecified atom stereocenters. The standard InChI is InChI=1S/C19H24N4O2/c1-13-6-5-7-16(14(13)2)15-8-10-23(11-9-15)19(24)20-17-12-22(3)21-18(17)25-4/h5-8,12H,9-11H2,1-4H3,(H,20,24).